The standard InChI is InChI=1S/C15H18O4/c16-13(14(17)11-6-4-5-7-11)10-19-15(18)12-8-2-1-3-9-12/h1-3,8-9,11,14,17H,4-7,10H2/t14-/m0/s1. The number of hydrogen-bond donors (Lipinski definition) is 1. The Morgan fingerprint density at radius 1 is 1.21 bits per heavy atom. The van der Waals surface area contributed by atoms with Crippen LogP contribution in [-0.4, -0.2) is 29.6 Å². The number of rotatable bonds is 5. The SMILES string of the molecule is O=C(OCC(=O)[C@@H](O)C1CCCC1)c1ccccc1. The molecule has 1 N–H and O–H groups in total. The van der Waals surface area contributed by atoms with Crippen LogP contribution in [0.3, 0.4) is 0 Å². The fourth-order valence-corrected chi connectivity index (χ4v) is 2.42. The van der Waals surface area contributed by atoms with Crippen molar-refractivity contribution >= 4 is 11.8 Å². The van der Waals surface area contributed by atoms with Gasteiger partial charge in [0.25, 0.3) is 0 Å². The molecular weight excluding hydrogens is 244 g/mol. The summed E-state index contributed by atoms with van der Waals surface area (Å²) in [6.45, 7) is -0.356. The van der Waals surface area contributed by atoms with Crippen molar-refractivity contribution in [3.63, 3.8) is 0 Å². The molecular formula is C15H18O4. The summed E-state index contributed by atoms with van der Waals surface area (Å²) in [5.74, 6) is -0.910. The third-order valence-corrected chi connectivity index (χ3v) is 3.53. The van der Waals surface area contributed by atoms with Crippen LogP contribution in [0.5, 0.6) is 0 Å². The number of benzene rings is 1. The van der Waals surface area contributed by atoms with Crippen LogP contribution in [0.2, 0.25) is 0 Å². The van der Waals surface area contributed by atoms with Gasteiger partial charge in [-0.25, -0.2) is 4.79 Å². The Morgan fingerprint density at radius 2 is 1.84 bits per heavy atom. The van der Waals surface area contributed by atoms with Crippen LogP contribution in [0.1, 0.15) is 36.0 Å². The molecule has 0 saturated heterocycles. The summed E-state index contributed by atoms with van der Waals surface area (Å²) in [5, 5.41) is 9.86. The second-order valence-electron chi connectivity index (χ2n) is 4.90. The lowest BCUT2D eigenvalue weighted by Crippen LogP contribution is -2.32. The van der Waals surface area contributed by atoms with E-state index < -0.39 is 17.9 Å². The Balaban J connectivity index is 1.81. The quantitative estimate of drug-likeness (QED) is 0.824. The van der Waals surface area contributed by atoms with Crippen LogP contribution in [0, 0.1) is 5.92 Å². The molecule has 1 atom stereocenters. The van der Waals surface area contributed by atoms with E-state index in [9.17, 15) is 14.7 Å². The fraction of sp³-hybridized carbons (Fsp3) is 0.467. The highest BCUT2D eigenvalue weighted by Gasteiger charge is 2.29. The molecule has 1 aliphatic carbocycles. The molecule has 0 unspecified atom stereocenters. The third kappa shape index (κ3) is 3.64. The van der Waals surface area contributed by atoms with E-state index in [-0.39, 0.29) is 12.5 Å². The number of Topliss-reactive ketones (excluding diaryl/α,β-unsaturated/α-hetero) is 1. The number of aliphatic hydroxyl groups excluding tert-OH is 1. The van der Waals surface area contributed by atoms with Gasteiger partial charge in [-0.15, -0.1) is 0 Å². The van der Waals surface area contributed by atoms with Crippen molar-refractivity contribution in [3.05, 3.63) is 35.9 Å². The molecule has 0 aromatic heterocycles. The topological polar surface area (TPSA) is 63.6 Å². The van der Waals surface area contributed by atoms with Crippen molar-refractivity contribution in [2.75, 3.05) is 6.61 Å². The number of hydrogen-bond acceptors (Lipinski definition) is 4. The third-order valence-electron chi connectivity index (χ3n) is 3.53. The van der Waals surface area contributed by atoms with Crippen molar-refractivity contribution in [2.45, 2.75) is 31.8 Å². The number of carbonyl (C=O) groups excluding carboxylic acids is 2. The van der Waals surface area contributed by atoms with E-state index in [0.717, 1.165) is 25.7 Å². The fourth-order valence-electron chi connectivity index (χ4n) is 2.42. The molecule has 4 heteroatoms. The van der Waals surface area contributed by atoms with Gasteiger partial charge in [0.2, 0.25) is 0 Å². The van der Waals surface area contributed by atoms with Gasteiger partial charge < -0.3 is 9.84 Å². The van der Waals surface area contributed by atoms with Crippen LogP contribution < -0.4 is 0 Å². The molecule has 1 aromatic rings. The number of ketones is 1. The molecule has 19 heavy (non-hydrogen) atoms. The Kier molecular flexibility index (Phi) is 4.68. The predicted octanol–water partition coefficient (Wildman–Crippen LogP) is 1.96. The average molecular weight is 262 g/mol. The van der Waals surface area contributed by atoms with Crippen molar-refractivity contribution in [2.24, 2.45) is 5.92 Å². The maximum absolute atomic E-state index is 11.7. The van der Waals surface area contributed by atoms with E-state index in [1.807, 2.05) is 0 Å². The summed E-state index contributed by atoms with van der Waals surface area (Å²) in [6, 6.07) is 8.50. The lowest BCUT2D eigenvalue weighted by molar-refractivity contribution is -0.132. The number of aliphatic hydroxyl groups is 1. The lowest BCUT2D eigenvalue weighted by Gasteiger charge is -2.16. The van der Waals surface area contributed by atoms with Gasteiger partial charge in [0, 0.05) is 0 Å². The van der Waals surface area contributed by atoms with Gasteiger partial charge >= 0.3 is 5.97 Å². The average Bonchev–Trinajstić information content (AvgIpc) is 2.98. The van der Waals surface area contributed by atoms with Crippen molar-refractivity contribution in [1.29, 1.82) is 0 Å². The van der Waals surface area contributed by atoms with Gasteiger partial charge in [-0.3, -0.25) is 4.79 Å². The maximum atomic E-state index is 11.7. The van der Waals surface area contributed by atoms with Crippen molar-refractivity contribution in [3.8, 4) is 0 Å². The van der Waals surface area contributed by atoms with Gasteiger partial charge in [-0.2, -0.15) is 0 Å². The zero-order valence-corrected chi connectivity index (χ0v) is 10.7. The molecule has 2 rings (SSSR count). The summed E-state index contributed by atoms with van der Waals surface area (Å²) < 4.78 is 4.92. The van der Waals surface area contributed by atoms with Gasteiger partial charge in [0.1, 0.15) is 6.10 Å². The van der Waals surface area contributed by atoms with Crippen molar-refractivity contribution < 1.29 is 19.4 Å². The summed E-state index contributed by atoms with van der Waals surface area (Å²) in [5.41, 5.74) is 0.408. The highest BCUT2D eigenvalue weighted by atomic mass is 16.5. The van der Waals surface area contributed by atoms with E-state index in [2.05, 4.69) is 0 Å². The zero-order chi connectivity index (χ0) is 13.7. The molecule has 0 heterocycles. The molecule has 0 amide bonds. The highest BCUT2D eigenvalue weighted by molar-refractivity contribution is 5.92. The van der Waals surface area contributed by atoms with Gasteiger partial charge in [-0.1, -0.05) is 31.0 Å². The van der Waals surface area contributed by atoms with Crippen LogP contribution in [-0.2, 0) is 9.53 Å². The molecule has 1 fully saturated rings. The maximum Gasteiger partial charge on any atom is 0.338 e. The Labute approximate surface area is 112 Å². The summed E-state index contributed by atoms with van der Waals surface area (Å²) in [6.07, 6.45) is 2.86. The molecule has 0 aliphatic heterocycles. The van der Waals surface area contributed by atoms with E-state index in [4.69, 9.17) is 4.74 Å². The number of esters is 1. The number of ether oxygens (including phenoxy) is 1. The smallest absolute Gasteiger partial charge is 0.338 e. The van der Waals surface area contributed by atoms with Crippen LogP contribution in [0.4, 0.5) is 0 Å². The first-order valence-corrected chi connectivity index (χ1v) is 6.61. The largest absolute Gasteiger partial charge is 0.454 e. The van der Waals surface area contributed by atoms with Crippen LogP contribution in [0.15, 0.2) is 30.3 Å². The van der Waals surface area contributed by atoms with E-state index >= 15 is 0 Å². The molecule has 0 bridgehead atoms. The monoisotopic (exact) mass is 262 g/mol. The molecule has 4 nitrogen and oxygen atoms in total. The Morgan fingerprint density at radius 3 is 2.47 bits per heavy atom. The summed E-state index contributed by atoms with van der Waals surface area (Å²) >= 11 is 0. The molecule has 1 aromatic carbocycles. The Bertz CT molecular complexity index is 435. The second-order valence-corrected chi connectivity index (χ2v) is 4.90. The molecule has 1 saturated carbocycles. The minimum atomic E-state index is -0.994. The molecule has 1 aliphatic rings. The van der Waals surface area contributed by atoms with E-state index in [1.54, 1.807) is 30.3 Å². The minimum absolute atomic E-state index is 0.0305. The van der Waals surface area contributed by atoms with Crippen LogP contribution in [0.25, 0.3) is 0 Å². The zero-order valence-electron chi connectivity index (χ0n) is 10.7. The van der Waals surface area contributed by atoms with Gasteiger partial charge in [0.05, 0.1) is 5.56 Å². The normalized spacial score (nSPS) is 17.1. The molecule has 0 radical (unpaired) electrons. The van der Waals surface area contributed by atoms with Crippen LogP contribution >= 0.6 is 0 Å². The first-order chi connectivity index (χ1) is 9.18. The highest BCUT2D eigenvalue weighted by Crippen LogP contribution is 2.28. The van der Waals surface area contributed by atoms with E-state index in [1.165, 1.54) is 0 Å². The predicted molar refractivity (Wildman–Crippen MR) is 69.7 cm³/mol. The molecule has 0 spiro atoms. The lowest BCUT2D eigenvalue weighted by atomic mass is 9.98. The summed E-state index contributed by atoms with van der Waals surface area (Å²) in [7, 11) is 0. The molecule has 102 valence electrons. The summed E-state index contributed by atoms with van der Waals surface area (Å²) in [4.78, 5) is 23.4. The minimum Gasteiger partial charge on any atom is -0.454 e. The van der Waals surface area contributed by atoms with Gasteiger partial charge in [0.15, 0.2) is 12.4 Å². The Hall–Kier alpha value is -1.68. The van der Waals surface area contributed by atoms with E-state index in [0.29, 0.717) is 5.56 Å². The first-order valence-electron chi connectivity index (χ1n) is 6.61. The first kappa shape index (κ1) is 13.7. The number of carbonyl (C=O) groups is 2. The second kappa shape index (κ2) is 6.48. The van der Waals surface area contributed by atoms with Crippen molar-refractivity contribution in [1.82, 2.24) is 0 Å². The van der Waals surface area contributed by atoms with Gasteiger partial charge in [-0.05, 0) is 30.9 Å².